The molecule has 0 radical (unpaired) electrons. The smallest absolute Gasteiger partial charge is 0.550 e. The molecule has 6 heteroatoms. The van der Waals surface area contributed by atoms with Crippen molar-refractivity contribution in [2.24, 2.45) is 0 Å². The van der Waals surface area contributed by atoms with Crippen LogP contribution in [0.25, 0.3) is 0 Å². The van der Waals surface area contributed by atoms with E-state index >= 15 is 0 Å². The number of nitrogens with zero attached hydrogens (tertiary/aromatic N) is 2. The molecule has 1 atom stereocenters. The van der Waals surface area contributed by atoms with Crippen molar-refractivity contribution in [3.63, 3.8) is 0 Å². The predicted octanol–water partition coefficient (Wildman–Crippen LogP) is 0.195. The Kier molecular flexibility index (Phi) is 13.6. The maximum Gasteiger partial charge on any atom is 1.00 e. The van der Waals surface area contributed by atoms with Crippen LogP contribution in [-0.2, 0) is 4.79 Å². The molecule has 5 nitrogen and oxygen atoms in total. The quantitative estimate of drug-likeness (QED) is 0.413. The summed E-state index contributed by atoms with van der Waals surface area (Å²) in [6, 6.07) is -0.267. The second-order valence-corrected chi connectivity index (χ2v) is 6.01. The molecule has 0 bridgehead atoms. The second-order valence-electron chi connectivity index (χ2n) is 6.01. The van der Waals surface area contributed by atoms with Crippen molar-refractivity contribution in [2.45, 2.75) is 83.6 Å². The Hall–Kier alpha value is -0.520. The molecular weight excluding hydrogens is 303 g/mol. The van der Waals surface area contributed by atoms with Crippen LogP contribution < -0.4 is 34.7 Å². The van der Waals surface area contributed by atoms with E-state index in [2.05, 4.69) is 11.9 Å². The van der Waals surface area contributed by atoms with E-state index in [4.69, 9.17) is 0 Å². The Morgan fingerprint density at radius 3 is 2.22 bits per heavy atom. The van der Waals surface area contributed by atoms with Crippen molar-refractivity contribution < 1.29 is 44.6 Å². The summed E-state index contributed by atoms with van der Waals surface area (Å²) in [5.41, 5.74) is 0. The Morgan fingerprint density at radius 1 is 1.17 bits per heavy atom. The molecule has 126 valence electrons. The molecule has 0 saturated heterocycles. The van der Waals surface area contributed by atoms with Crippen molar-refractivity contribution in [1.29, 1.82) is 0 Å². The molecule has 1 unspecified atom stereocenters. The van der Waals surface area contributed by atoms with E-state index in [0.717, 1.165) is 19.3 Å². The van der Waals surface area contributed by atoms with Crippen LogP contribution in [0.1, 0.15) is 83.6 Å². The Labute approximate surface area is 161 Å². The summed E-state index contributed by atoms with van der Waals surface area (Å²) in [5.74, 6) is -1.07. The molecule has 23 heavy (non-hydrogen) atoms. The van der Waals surface area contributed by atoms with Gasteiger partial charge in [0, 0.05) is 18.4 Å². The van der Waals surface area contributed by atoms with Crippen LogP contribution in [0.4, 0.5) is 0 Å². The molecule has 0 fully saturated rings. The van der Waals surface area contributed by atoms with Gasteiger partial charge in [0.2, 0.25) is 5.88 Å². The van der Waals surface area contributed by atoms with Gasteiger partial charge in [-0.2, -0.15) is 0 Å². The number of aromatic hydroxyl groups is 1. The third-order valence-electron chi connectivity index (χ3n) is 4.08. The van der Waals surface area contributed by atoms with Crippen LogP contribution in [0.15, 0.2) is 12.5 Å². The van der Waals surface area contributed by atoms with Crippen LogP contribution >= 0.6 is 0 Å². The number of carbonyl (C=O) groups is 1. The molecule has 1 heterocycles. The first kappa shape index (κ1) is 22.5. The SMILES string of the molecule is CCCCCCCCCCCC(CC(=O)[O-])n1cncc1O.[Na+]. The molecule has 0 saturated carbocycles. The molecule has 1 aromatic rings. The maximum atomic E-state index is 10.9. The molecule has 0 aliphatic rings. The number of rotatable bonds is 13. The summed E-state index contributed by atoms with van der Waals surface area (Å²) < 4.78 is 1.53. The summed E-state index contributed by atoms with van der Waals surface area (Å²) in [6.07, 6.45) is 14.5. The summed E-state index contributed by atoms with van der Waals surface area (Å²) in [4.78, 5) is 14.7. The fourth-order valence-electron chi connectivity index (χ4n) is 2.80. The monoisotopic (exact) mass is 332 g/mol. The minimum atomic E-state index is -1.09. The molecular formula is C17H29N2NaO3. The Morgan fingerprint density at radius 2 is 1.74 bits per heavy atom. The van der Waals surface area contributed by atoms with Crippen molar-refractivity contribution in [1.82, 2.24) is 9.55 Å². The number of hydrogen-bond acceptors (Lipinski definition) is 4. The van der Waals surface area contributed by atoms with E-state index in [1.165, 1.54) is 62.0 Å². The van der Waals surface area contributed by atoms with Crippen molar-refractivity contribution in [3.05, 3.63) is 12.5 Å². The average Bonchev–Trinajstić information content (AvgIpc) is 2.90. The first-order valence-electron chi connectivity index (χ1n) is 8.55. The van der Waals surface area contributed by atoms with E-state index in [9.17, 15) is 15.0 Å². The Balaban J connectivity index is 0.00000484. The zero-order valence-corrected chi connectivity index (χ0v) is 16.7. The first-order chi connectivity index (χ1) is 10.6. The average molecular weight is 332 g/mol. The number of carboxylic acid groups (broad SMARTS) is 1. The normalized spacial score (nSPS) is 11.9. The van der Waals surface area contributed by atoms with Gasteiger partial charge in [-0.1, -0.05) is 64.7 Å². The molecule has 0 aromatic carbocycles. The molecule has 0 aliphatic heterocycles. The second kappa shape index (κ2) is 13.9. The van der Waals surface area contributed by atoms with Gasteiger partial charge in [-0.15, -0.1) is 0 Å². The van der Waals surface area contributed by atoms with Gasteiger partial charge in [0.25, 0.3) is 0 Å². The number of unbranched alkanes of at least 4 members (excludes halogenated alkanes) is 8. The van der Waals surface area contributed by atoms with Crippen LogP contribution in [0.3, 0.4) is 0 Å². The largest absolute Gasteiger partial charge is 1.00 e. The van der Waals surface area contributed by atoms with Crippen LogP contribution in [0, 0.1) is 0 Å². The number of imidazole rings is 1. The minimum Gasteiger partial charge on any atom is -0.550 e. The fraction of sp³-hybridized carbons (Fsp3) is 0.765. The van der Waals surface area contributed by atoms with Gasteiger partial charge in [0.1, 0.15) is 0 Å². The van der Waals surface area contributed by atoms with E-state index in [-0.39, 0.29) is 47.9 Å². The number of carbonyl (C=O) groups excluding carboxylic acids is 1. The standard InChI is InChI=1S/C17H30N2O3.Na/c1-2-3-4-5-6-7-8-9-10-11-15(12-17(21)22)19-14-18-13-16(19)20;/h13-15,20H,2-12H2,1H3,(H,21,22);/q;+1/p-1. The molecule has 0 spiro atoms. The maximum absolute atomic E-state index is 10.9. The minimum absolute atomic E-state index is 0. The van der Waals surface area contributed by atoms with Gasteiger partial charge in [-0.25, -0.2) is 4.98 Å². The van der Waals surface area contributed by atoms with Crippen molar-refractivity contribution in [3.8, 4) is 5.88 Å². The molecule has 0 aliphatic carbocycles. The molecule has 1 aromatic heterocycles. The van der Waals surface area contributed by atoms with Crippen LogP contribution in [0.5, 0.6) is 5.88 Å². The Bertz CT molecular complexity index is 424. The zero-order chi connectivity index (χ0) is 16.2. The number of hydrogen-bond donors (Lipinski definition) is 1. The van der Waals surface area contributed by atoms with Gasteiger partial charge < -0.3 is 15.0 Å². The van der Waals surface area contributed by atoms with E-state index < -0.39 is 5.97 Å². The summed E-state index contributed by atoms with van der Waals surface area (Å²) in [5, 5.41) is 20.5. The number of aromatic nitrogens is 2. The number of carboxylic acids is 1. The van der Waals surface area contributed by atoms with Crippen molar-refractivity contribution in [2.75, 3.05) is 0 Å². The molecule has 1 rings (SSSR count). The predicted molar refractivity (Wildman–Crippen MR) is 84.4 cm³/mol. The third kappa shape index (κ3) is 10.0. The summed E-state index contributed by atoms with van der Waals surface area (Å²) >= 11 is 0. The first-order valence-corrected chi connectivity index (χ1v) is 8.55. The van der Waals surface area contributed by atoms with E-state index in [1.807, 2.05) is 0 Å². The fourth-order valence-corrected chi connectivity index (χ4v) is 2.80. The van der Waals surface area contributed by atoms with Crippen LogP contribution in [-0.4, -0.2) is 20.6 Å². The summed E-state index contributed by atoms with van der Waals surface area (Å²) in [6.45, 7) is 2.22. The van der Waals surface area contributed by atoms with Crippen molar-refractivity contribution >= 4 is 5.97 Å². The van der Waals surface area contributed by atoms with E-state index in [1.54, 1.807) is 0 Å². The van der Waals surface area contributed by atoms with Gasteiger partial charge in [-0.3, -0.25) is 4.57 Å². The molecule has 1 N–H and O–H groups in total. The van der Waals surface area contributed by atoms with Gasteiger partial charge >= 0.3 is 29.6 Å². The third-order valence-corrected chi connectivity index (χ3v) is 4.08. The summed E-state index contributed by atoms with van der Waals surface area (Å²) in [7, 11) is 0. The molecule has 0 amide bonds. The van der Waals surface area contributed by atoms with Gasteiger partial charge in [-0.05, 0) is 6.42 Å². The van der Waals surface area contributed by atoms with Gasteiger partial charge in [0.05, 0.1) is 12.5 Å². The number of aliphatic carboxylic acids is 1. The van der Waals surface area contributed by atoms with E-state index in [0.29, 0.717) is 0 Å². The van der Waals surface area contributed by atoms with Crippen LogP contribution in [0.2, 0.25) is 0 Å². The zero-order valence-electron chi connectivity index (χ0n) is 14.7. The topological polar surface area (TPSA) is 78.2 Å². The van der Waals surface area contributed by atoms with Gasteiger partial charge in [0.15, 0.2) is 0 Å².